The van der Waals surface area contributed by atoms with Crippen LogP contribution in [0.2, 0.25) is 0 Å². The second-order valence-corrected chi connectivity index (χ2v) is 6.90. The molecule has 1 aliphatic rings. The van der Waals surface area contributed by atoms with Crippen molar-refractivity contribution in [2.75, 3.05) is 13.2 Å². The molecule has 0 fully saturated rings. The molecule has 1 aromatic heterocycles. The van der Waals surface area contributed by atoms with Gasteiger partial charge in [-0.2, -0.15) is 0 Å². The molecule has 25 heavy (non-hydrogen) atoms. The summed E-state index contributed by atoms with van der Waals surface area (Å²) in [5.41, 5.74) is 1.94. The highest BCUT2D eigenvalue weighted by atomic mass is 16.6. The molecule has 0 bridgehead atoms. The molecule has 6 nitrogen and oxygen atoms in total. The molecule has 0 radical (unpaired) electrons. The highest BCUT2D eigenvalue weighted by Gasteiger charge is 2.26. The zero-order chi connectivity index (χ0) is 18.0. The lowest BCUT2D eigenvalue weighted by atomic mass is 10.0. The monoisotopic (exact) mass is 343 g/mol. The number of amides is 1. The highest BCUT2D eigenvalue weighted by molar-refractivity contribution is 5.78. The summed E-state index contributed by atoms with van der Waals surface area (Å²) < 4.78 is 16.6. The van der Waals surface area contributed by atoms with E-state index in [4.69, 9.17) is 13.9 Å². The van der Waals surface area contributed by atoms with E-state index in [2.05, 4.69) is 0 Å². The van der Waals surface area contributed by atoms with E-state index in [-0.39, 0.29) is 11.9 Å². The van der Waals surface area contributed by atoms with Crippen LogP contribution in [0.25, 0.3) is 11.1 Å². The summed E-state index contributed by atoms with van der Waals surface area (Å²) in [6, 6.07) is 7.38. The smallest absolute Gasteiger partial charge is 0.410 e. The van der Waals surface area contributed by atoms with Crippen molar-refractivity contribution in [1.82, 2.24) is 4.90 Å². The number of hydrogen-bond acceptors (Lipinski definition) is 5. The molecule has 1 aromatic carbocycles. The lowest BCUT2D eigenvalue weighted by Gasteiger charge is -2.26. The Kier molecular flexibility index (Phi) is 4.53. The lowest BCUT2D eigenvalue weighted by molar-refractivity contribution is 0.0225. The Morgan fingerprint density at radius 2 is 2.12 bits per heavy atom. The number of rotatable bonds is 2. The molecule has 0 atom stereocenters. The molecule has 0 aliphatic carbocycles. The van der Waals surface area contributed by atoms with Crippen LogP contribution in [0.1, 0.15) is 36.9 Å². The molecule has 0 spiro atoms. The van der Waals surface area contributed by atoms with Gasteiger partial charge in [0.05, 0.1) is 19.4 Å². The van der Waals surface area contributed by atoms with E-state index in [1.165, 1.54) is 6.26 Å². The van der Waals surface area contributed by atoms with E-state index >= 15 is 0 Å². The van der Waals surface area contributed by atoms with Gasteiger partial charge in [0.1, 0.15) is 18.0 Å². The van der Waals surface area contributed by atoms with Crippen molar-refractivity contribution in [2.45, 2.75) is 32.9 Å². The number of fused-ring (bicyclic) bond motifs is 1. The van der Waals surface area contributed by atoms with E-state index < -0.39 is 5.60 Å². The van der Waals surface area contributed by atoms with Gasteiger partial charge < -0.3 is 18.8 Å². The van der Waals surface area contributed by atoms with Crippen molar-refractivity contribution in [3.8, 4) is 16.9 Å². The van der Waals surface area contributed by atoms with Gasteiger partial charge in [-0.1, -0.05) is 18.2 Å². The van der Waals surface area contributed by atoms with Crippen molar-refractivity contribution >= 4 is 12.4 Å². The van der Waals surface area contributed by atoms with Gasteiger partial charge in [-0.05, 0) is 26.8 Å². The second-order valence-electron chi connectivity index (χ2n) is 6.90. The summed E-state index contributed by atoms with van der Waals surface area (Å²) in [6.45, 7) is 6.73. The average Bonchev–Trinajstić information content (AvgIpc) is 2.91. The fraction of sp³-hybridized carbons (Fsp3) is 0.368. The number of ether oxygens (including phenoxy) is 2. The number of carbonyl (C=O) groups excluding carboxylic acids is 2. The Morgan fingerprint density at radius 3 is 2.80 bits per heavy atom. The Balaban J connectivity index is 1.89. The summed E-state index contributed by atoms with van der Waals surface area (Å²) in [6.07, 6.45) is 1.83. The third-order valence-corrected chi connectivity index (χ3v) is 3.76. The van der Waals surface area contributed by atoms with Gasteiger partial charge in [0, 0.05) is 16.7 Å². The van der Waals surface area contributed by atoms with Gasteiger partial charge in [-0.3, -0.25) is 4.79 Å². The van der Waals surface area contributed by atoms with Crippen LogP contribution in [-0.2, 0) is 11.3 Å². The Bertz CT molecular complexity index is 787. The maximum atomic E-state index is 12.4. The number of hydrogen-bond donors (Lipinski definition) is 0. The molecule has 6 heteroatoms. The van der Waals surface area contributed by atoms with Crippen LogP contribution in [0.5, 0.6) is 5.75 Å². The second kappa shape index (κ2) is 6.63. The summed E-state index contributed by atoms with van der Waals surface area (Å²) in [5, 5.41) is 0. The van der Waals surface area contributed by atoms with Crippen molar-refractivity contribution in [1.29, 1.82) is 0 Å². The standard InChI is InChI=1S/C19H21NO5/c1-19(2,3)25-18(22)20-7-8-23-17-13(10-20)5-4-6-16(17)14-9-15(11-21)24-12-14/h4-6,9,11-12H,7-8,10H2,1-3H3. The Morgan fingerprint density at radius 1 is 1.32 bits per heavy atom. The van der Waals surface area contributed by atoms with Crippen molar-refractivity contribution in [2.24, 2.45) is 0 Å². The van der Waals surface area contributed by atoms with Crippen LogP contribution in [0.15, 0.2) is 34.9 Å². The van der Waals surface area contributed by atoms with Crippen molar-refractivity contribution in [3.05, 3.63) is 41.9 Å². The normalized spacial score (nSPS) is 14.3. The van der Waals surface area contributed by atoms with E-state index in [1.807, 2.05) is 39.0 Å². The van der Waals surface area contributed by atoms with Gasteiger partial charge in [0.2, 0.25) is 0 Å². The van der Waals surface area contributed by atoms with Crippen molar-refractivity contribution in [3.63, 3.8) is 0 Å². The number of benzene rings is 1. The summed E-state index contributed by atoms with van der Waals surface area (Å²) in [5.74, 6) is 0.961. The number of para-hydroxylation sites is 1. The fourth-order valence-corrected chi connectivity index (χ4v) is 2.69. The van der Waals surface area contributed by atoms with Crippen LogP contribution in [0.4, 0.5) is 4.79 Å². The predicted molar refractivity (Wildman–Crippen MR) is 91.7 cm³/mol. The maximum Gasteiger partial charge on any atom is 0.410 e. The lowest BCUT2D eigenvalue weighted by Crippen LogP contribution is -2.37. The van der Waals surface area contributed by atoms with Gasteiger partial charge >= 0.3 is 6.09 Å². The van der Waals surface area contributed by atoms with Crippen molar-refractivity contribution < 1.29 is 23.5 Å². The first-order valence-corrected chi connectivity index (χ1v) is 8.14. The van der Waals surface area contributed by atoms with E-state index in [0.717, 1.165) is 16.7 Å². The quantitative estimate of drug-likeness (QED) is 0.774. The summed E-state index contributed by atoms with van der Waals surface area (Å²) in [7, 11) is 0. The third-order valence-electron chi connectivity index (χ3n) is 3.76. The highest BCUT2D eigenvalue weighted by Crippen LogP contribution is 2.36. The van der Waals surface area contributed by atoms with Gasteiger partial charge in [0.25, 0.3) is 0 Å². The molecule has 132 valence electrons. The average molecular weight is 343 g/mol. The number of nitrogens with zero attached hydrogens (tertiary/aromatic N) is 1. The van der Waals surface area contributed by atoms with E-state index in [0.29, 0.717) is 31.7 Å². The summed E-state index contributed by atoms with van der Waals surface area (Å²) in [4.78, 5) is 24.8. The third kappa shape index (κ3) is 3.84. The molecule has 0 saturated heterocycles. The first-order valence-electron chi connectivity index (χ1n) is 8.14. The molecule has 1 amide bonds. The first kappa shape index (κ1) is 17.1. The van der Waals surface area contributed by atoms with Crippen LogP contribution in [0.3, 0.4) is 0 Å². The molecule has 0 saturated carbocycles. The van der Waals surface area contributed by atoms with Crippen LogP contribution in [0, 0.1) is 0 Å². The topological polar surface area (TPSA) is 69.0 Å². The molecule has 2 heterocycles. The fourth-order valence-electron chi connectivity index (χ4n) is 2.69. The molecule has 0 N–H and O–H groups in total. The molecule has 0 unspecified atom stereocenters. The van der Waals surface area contributed by atoms with Crippen LogP contribution in [-0.4, -0.2) is 36.0 Å². The minimum atomic E-state index is -0.545. The SMILES string of the molecule is CC(C)(C)OC(=O)N1CCOc2c(cccc2-c2coc(C=O)c2)C1. The number of furan rings is 1. The first-order chi connectivity index (χ1) is 11.9. The van der Waals surface area contributed by atoms with Crippen LogP contribution >= 0.6 is 0 Å². The molecule has 3 rings (SSSR count). The molecular formula is C19H21NO5. The molecule has 2 aromatic rings. The molecule has 1 aliphatic heterocycles. The Labute approximate surface area is 146 Å². The predicted octanol–water partition coefficient (Wildman–Crippen LogP) is 3.89. The van der Waals surface area contributed by atoms with Gasteiger partial charge in [0.15, 0.2) is 12.0 Å². The van der Waals surface area contributed by atoms with E-state index in [9.17, 15) is 9.59 Å². The summed E-state index contributed by atoms with van der Waals surface area (Å²) >= 11 is 0. The number of aldehydes is 1. The largest absolute Gasteiger partial charge is 0.491 e. The zero-order valence-electron chi connectivity index (χ0n) is 14.6. The Hall–Kier alpha value is -2.76. The van der Waals surface area contributed by atoms with Gasteiger partial charge in [-0.15, -0.1) is 0 Å². The molecular weight excluding hydrogens is 322 g/mol. The minimum absolute atomic E-state index is 0.261. The zero-order valence-corrected chi connectivity index (χ0v) is 14.6. The maximum absolute atomic E-state index is 12.4. The van der Waals surface area contributed by atoms with Crippen LogP contribution < -0.4 is 4.74 Å². The number of carbonyl (C=O) groups is 2. The van der Waals surface area contributed by atoms with E-state index in [1.54, 1.807) is 11.0 Å². The minimum Gasteiger partial charge on any atom is -0.491 e. The van der Waals surface area contributed by atoms with Gasteiger partial charge in [-0.25, -0.2) is 4.79 Å².